The van der Waals surface area contributed by atoms with Gasteiger partial charge in [0.05, 0.1) is 17.7 Å². The molecule has 2 aromatic rings. The van der Waals surface area contributed by atoms with E-state index in [0.29, 0.717) is 12.1 Å². The van der Waals surface area contributed by atoms with Gasteiger partial charge in [0.1, 0.15) is 17.1 Å². The maximum absolute atomic E-state index is 13.5. The van der Waals surface area contributed by atoms with Crippen LogP contribution in [-0.4, -0.2) is 22.7 Å². The lowest BCUT2D eigenvalue weighted by molar-refractivity contribution is -0.139. The maximum Gasteiger partial charge on any atom is 0.419 e. The molecule has 2 rings (SSSR count). The standard InChI is InChI=1S/C13H9F4NO3/c1-2-21-12(20)7-5-18-10-4-8(13(15,16)17)9(14)3-6(10)11(7)19/h3-5H,2H2,1H3,(H,18,19). The number of ether oxygens (including phenoxy) is 1. The number of rotatable bonds is 2. The van der Waals surface area contributed by atoms with E-state index in [1.54, 1.807) is 6.92 Å². The van der Waals surface area contributed by atoms with Gasteiger partial charge in [0.25, 0.3) is 0 Å². The van der Waals surface area contributed by atoms with Crippen molar-refractivity contribution in [1.82, 2.24) is 4.98 Å². The molecule has 0 unspecified atom stereocenters. The molecular weight excluding hydrogens is 294 g/mol. The minimum atomic E-state index is -4.88. The van der Waals surface area contributed by atoms with Crippen LogP contribution in [0.15, 0.2) is 18.3 Å². The second-order valence-corrected chi connectivity index (χ2v) is 4.09. The van der Waals surface area contributed by atoms with Gasteiger partial charge in [0.2, 0.25) is 0 Å². The SMILES string of the molecule is CCOC(=O)c1cnc2cc(C(F)(F)F)c(F)cc2c1O. The lowest BCUT2D eigenvalue weighted by Crippen LogP contribution is -2.09. The summed E-state index contributed by atoms with van der Waals surface area (Å²) < 4.78 is 55.9. The molecule has 0 fully saturated rings. The molecule has 1 aromatic heterocycles. The number of alkyl halides is 3. The van der Waals surface area contributed by atoms with E-state index in [2.05, 4.69) is 9.72 Å². The molecule has 112 valence electrons. The van der Waals surface area contributed by atoms with Crippen molar-refractivity contribution in [1.29, 1.82) is 0 Å². The van der Waals surface area contributed by atoms with Crippen LogP contribution in [0.1, 0.15) is 22.8 Å². The van der Waals surface area contributed by atoms with Crippen molar-refractivity contribution >= 4 is 16.9 Å². The molecule has 0 atom stereocenters. The Balaban J connectivity index is 2.65. The Bertz CT molecular complexity index is 713. The van der Waals surface area contributed by atoms with Gasteiger partial charge in [-0.1, -0.05) is 0 Å². The third kappa shape index (κ3) is 2.74. The predicted octanol–water partition coefficient (Wildman–Crippen LogP) is 3.28. The normalized spacial score (nSPS) is 11.7. The van der Waals surface area contributed by atoms with Gasteiger partial charge in [-0.15, -0.1) is 0 Å². The first kappa shape index (κ1) is 15.0. The van der Waals surface area contributed by atoms with E-state index in [0.717, 1.165) is 6.20 Å². The summed E-state index contributed by atoms with van der Waals surface area (Å²) in [5.41, 5.74) is -2.12. The van der Waals surface area contributed by atoms with Crippen LogP contribution in [0, 0.1) is 5.82 Å². The Hall–Kier alpha value is -2.38. The molecule has 0 aliphatic carbocycles. The highest BCUT2D eigenvalue weighted by molar-refractivity contribution is 5.99. The smallest absolute Gasteiger partial charge is 0.419 e. The average Bonchev–Trinajstić information content (AvgIpc) is 2.38. The fourth-order valence-electron chi connectivity index (χ4n) is 1.77. The number of carbonyl (C=O) groups is 1. The highest BCUT2D eigenvalue weighted by Gasteiger charge is 2.35. The first-order valence-electron chi connectivity index (χ1n) is 5.81. The molecule has 0 spiro atoms. The maximum atomic E-state index is 13.5. The van der Waals surface area contributed by atoms with Crippen LogP contribution in [0.2, 0.25) is 0 Å². The Labute approximate surface area is 116 Å². The summed E-state index contributed by atoms with van der Waals surface area (Å²) >= 11 is 0. The summed E-state index contributed by atoms with van der Waals surface area (Å²) in [7, 11) is 0. The van der Waals surface area contributed by atoms with E-state index in [1.807, 2.05) is 0 Å². The highest BCUT2D eigenvalue weighted by Crippen LogP contribution is 2.36. The Morgan fingerprint density at radius 1 is 1.38 bits per heavy atom. The molecule has 1 aromatic carbocycles. The number of aromatic hydroxyl groups is 1. The third-order valence-corrected chi connectivity index (χ3v) is 2.73. The van der Waals surface area contributed by atoms with E-state index < -0.39 is 29.3 Å². The summed E-state index contributed by atoms with van der Waals surface area (Å²) in [5.74, 6) is -3.14. The number of aromatic nitrogens is 1. The van der Waals surface area contributed by atoms with Gasteiger partial charge in [-0.3, -0.25) is 4.98 Å². The van der Waals surface area contributed by atoms with E-state index in [1.165, 1.54) is 0 Å². The number of nitrogens with zero attached hydrogens (tertiary/aromatic N) is 1. The molecule has 0 amide bonds. The first-order chi connectivity index (χ1) is 9.75. The number of esters is 1. The Morgan fingerprint density at radius 2 is 2.05 bits per heavy atom. The van der Waals surface area contributed by atoms with E-state index in [-0.39, 0.29) is 23.1 Å². The molecule has 21 heavy (non-hydrogen) atoms. The van der Waals surface area contributed by atoms with Crippen LogP contribution in [-0.2, 0) is 10.9 Å². The number of carbonyl (C=O) groups excluding carboxylic acids is 1. The predicted molar refractivity (Wildman–Crippen MR) is 64.3 cm³/mol. The van der Waals surface area contributed by atoms with Crippen molar-refractivity contribution in [3.8, 4) is 5.75 Å². The summed E-state index contributed by atoms with van der Waals surface area (Å²) in [6.07, 6.45) is -4.00. The molecule has 4 nitrogen and oxygen atoms in total. The number of halogens is 4. The Morgan fingerprint density at radius 3 is 2.62 bits per heavy atom. The molecule has 0 bridgehead atoms. The van der Waals surface area contributed by atoms with Crippen molar-refractivity contribution in [2.45, 2.75) is 13.1 Å². The number of benzene rings is 1. The first-order valence-corrected chi connectivity index (χ1v) is 5.81. The van der Waals surface area contributed by atoms with E-state index in [4.69, 9.17) is 0 Å². The molecule has 0 radical (unpaired) electrons. The van der Waals surface area contributed by atoms with Crippen molar-refractivity contribution < 1.29 is 32.2 Å². The summed E-state index contributed by atoms with van der Waals surface area (Å²) in [6.45, 7) is 1.58. The van der Waals surface area contributed by atoms with Gasteiger partial charge in [-0.05, 0) is 19.1 Å². The van der Waals surface area contributed by atoms with Gasteiger partial charge in [0, 0.05) is 11.6 Å². The molecule has 0 aliphatic heterocycles. The monoisotopic (exact) mass is 303 g/mol. The van der Waals surface area contributed by atoms with Crippen LogP contribution >= 0.6 is 0 Å². The minimum absolute atomic E-state index is 0.0394. The van der Waals surface area contributed by atoms with Crippen molar-refractivity contribution in [3.63, 3.8) is 0 Å². The second kappa shape index (κ2) is 5.19. The van der Waals surface area contributed by atoms with Gasteiger partial charge >= 0.3 is 12.1 Å². The fourth-order valence-corrected chi connectivity index (χ4v) is 1.77. The summed E-state index contributed by atoms with van der Waals surface area (Å²) in [6, 6.07) is 0.961. The zero-order valence-corrected chi connectivity index (χ0v) is 10.7. The lowest BCUT2D eigenvalue weighted by Gasteiger charge is -2.11. The van der Waals surface area contributed by atoms with Crippen LogP contribution in [0.3, 0.4) is 0 Å². The number of fused-ring (bicyclic) bond motifs is 1. The molecule has 0 saturated carbocycles. The van der Waals surface area contributed by atoms with Crippen LogP contribution in [0.5, 0.6) is 5.75 Å². The number of pyridine rings is 1. The molecule has 1 N–H and O–H groups in total. The van der Waals surface area contributed by atoms with E-state index >= 15 is 0 Å². The van der Waals surface area contributed by atoms with Gasteiger partial charge in [-0.25, -0.2) is 9.18 Å². The van der Waals surface area contributed by atoms with Crippen LogP contribution in [0.25, 0.3) is 10.9 Å². The average molecular weight is 303 g/mol. The lowest BCUT2D eigenvalue weighted by atomic mass is 10.1. The van der Waals surface area contributed by atoms with Crippen LogP contribution < -0.4 is 0 Å². The Kier molecular flexibility index (Phi) is 3.71. The van der Waals surface area contributed by atoms with E-state index in [9.17, 15) is 27.5 Å². The summed E-state index contributed by atoms with van der Waals surface area (Å²) in [5, 5.41) is 9.58. The topological polar surface area (TPSA) is 59.4 Å². The van der Waals surface area contributed by atoms with Gasteiger partial charge in [-0.2, -0.15) is 13.2 Å². The zero-order chi connectivity index (χ0) is 15.8. The highest BCUT2D eigenvalue weighted by atomic mass is 19.4. The van der Waals surface area contributed by atoms with Crippen molar-refractivity contribution in [2.24, 2.45) is 0 Å². The van der Waals surface area contributed by atoms with Gasteiger partial charge in [0.15, 0.2) is 0 Å². The zero-order valence-electron chi connectivity index (χ0n) is 10.7. The molecule has 0 saturated heterocycles. The number of hydrogen-bond donors (Lipinski definition) is 1. The largest absolute Gasteiger partial charge is 0.506 e. The van der Waals surface area contributed by atoms with Crippen LogP contribution in [0.4, 0.5) is 17.6 Å². The fraction of sp³-hybridized carbons (Fsp3) is 0.231. The molecule has 8 heteroatoms. The third-order valence-electron chi connectivity index (χ3n) is 2.73. The number of hydrogen-bond acceptors (Lipinski definition) is 4. The molecular formula is C13H9F4NO3. The molecule has 0 aliphatic rings. The van der Waals surface area contributed by atoms with Crippen molar-refractivity contribution in [2.75, 3.05) is 6.61 Å². The minimum Gasteiger partial charge on any atom is -0.506 e. The summed E-state index contributed by atoms with van der Waals surface area (Å²) in [4.78, 5) is 15.2. The molecule has 1 heterocycles. The quantitative estimate of drug-likeness (QED) is 0.683. The van der Waals surface area contributed by atoms with Gasteiger partial charge < -0.3 is 9.84 Å². The van der Waals surface area contributed by atoms with Crippen molar-refractivity contribution in [3.05, 3.63) is 35.3 Å². The second-order valence-electron chi connectivity index (χ2n) is 4.09.